The topological polar surface area (TPSA) is 444 Å². The Morgan fingerprint density at radius 1 is 0.524 bits per heavy atom. The zero-order valence-corrected chi connectivity index (χ0v) is 48.5. The number of aliphatic carboxylic acids is 1. The number of aromatic nitrogens is 4. The third kappa shape index (κ3) is 21.1. The van der Waals surface area contributed by atoms with Gasteiger partial charge in [0, 0.05) is 71.9 Å². The second kappa shape index (κ2) is 33.7. The molecule has 3 aromatic heterocycles. The van der Waals surface area contributed by atoms with Crippen LogP contribution in [0.4, 0.5) is 0 Å². The number of hydrogen-bond donors (Lipinski definition) is 16. The summed E-state index contributed by atoms with van der Waals surface area (Å²) in [5.41, 5.74) is 32.1. The predicted molar refractivity (Wildman–Crippen MR) is 320 cm³/mol. The maximum atomic E-state index is 14.9. The Kier molecular flexibility index (Phi) is 26.6. The zero-order chi connectivity index (χ0) is 61.3. The Balaban J connectivity index is 1.45. The summed E-state index contributed by atoms with van der Waals surface area (Å²) in [6.45, 7) is 8.25. The molecular weight excluding hydrogens is 1080 g/mol. The van der Waals surface area contributed by atoms with E-state index >= 15 is 0 Å². The van der Waals surface area contributed by atoms with E-state index in [1.54, 1.807) is 12.4 Å². The molecule has 458 valence electrons. The number of rotatable bonds is 37. The van der Waals surface area contributed by atoms with Gasteiger partial charge in [-0.15, -0.1) is 0 Å². The summed E-state index contributed by atoms with van der Waals surface area (Å²) in [4.78, 5) is 130. The number of nitrogens with one attached hydrogen (secondary N) is 10. The molecule has 0 aliphatic rings. The Labute approximate surface area is 489 Å². The van der Waals surface area contributed by atoms with Crippen LogP contribution in [-0.4, -0.2) is 146 Å². The first-order chi connectivity index (χ1) is 40.2. The lowest BCUT2D eigenvalue weighted by Gasteiger charge is -2.29. The molecule has 0 fully saturated rings. The van der Waals surface area contributed by atoms with Gasteiger partial charge in [0.2, 0.25) is 41.4 Å². The molecule has 0 spiro atoms. The second-order valence-corrected chi connectivity index (χ2v) is 22.1. The van der Waals surface area contributed by atoms with Crippen LogP contribution in [-0.2, 0) is 57.6 Å². The molecule has 8 atom stereocenters. The van der Waals surface area contributed by atoms with E-state index in [4.69, 9.17) is 28.7 Å². The average molecular weight is 1170 g/mol. The van der Waals surface area contributed by atoms with Crippen LogP contribution in [0.5, 0.6) is 0 Å². The normalized spacial score (nSPS) is 14.3. The molecule has 3 heterocycles. The minimum absolute atomic E-state index is 0.0589. The molecular formula is C58H87N17O9. The number of amides is 7. The number of carbonyl (C=O) groups is 8. The van der Waals surface area contributed by atoms with Crippen LogP contribution in [0.1, 0.15) is 109 Å². The van der Waals surface area contributed by atoms with Gasteiger partial charge in [0.05, 0.1) is 12.4 Å². The van der Waals surface area contributed by atoms with Gasteiger partial charge in [-0.1, -0.05) is 70.5 Å². The van der Waals surface area contributed by atoms with Crippen LogP contribution in [0.15, 0.2) is 78.4 Å². The van der Waals surface area contributed by atoms with E-state index in [9.17, 15) is 43.5 Å². The highest BCUT2D eigenvalue weighted by atomic mass is 16.4. The molecule has 5 aromatic rings. The summed E-state index contributed by atoms with van der Waals surface area (Å²) in [5, 5.41) is 31.1. The van der Waals surface area contributed by atoms with Crippen molar-refractivity contribution in [2.24, 2.45) is 45.5 Å². The van der Waals surface area contributed by atoms with Crippen LogP contribution < -0.4 is 65.9 Å². The van der Waals surface area contributed by atoms with Crippen LogP contribution in [0.3, 0.4) is 0 Å². The number of carboxylic acid groups (broad SMARTS) is 1. The second-order valence-electron chi connectivity index (χ2n) is 22.1. The standard InChI is InChI=1S/C58H87N17O9/c1-33(2)24-45(53(79)70-43(19-10-12-22-60)52(78)75-49(57(83)84)28-37-31-64-32-68-37)71-56(82)48(27-36-30-67-42-18-8-6-15-39(36)42)74-54(80)46(25-34(3)4)72-55(81)47(26-35-29-66-41-17-7-5-14-38(35)41)73-51(77)44(20-13-23-65-58(62)63)69-50(76)40(61)16-9-11-21-59/h5-8,14-15,17-18,29-34,40,43-49,66-67H,9-13,16,19-28,59-61H2,1-4H3,(H,64,68)(H,69,76)(H,70,79)(H,71,82)(H,72,81)(H,73,77)(H,74,80)(H,75,78)(H,83,84)(H4,62,63,65)/t40-,43-,44+,45+,46+,47-,48-,49+/m0/s1. The Morgan fingerprint density at radius 2 is 0.940 bits per heavy atom. The molecule has 26 nitrogen and oxygen atoms in total. The van der Waals surface area contributed by atoms with Crippen molar-refractivity contribution in [3.8, 4) is 0 Å². The molecule has 0 unspecified atom stereocenters. The first-order valence-electron chi connectivity index (χ1n) is 28.8. The molecule has 21 N–H and O–H groups in total. The number of imidazole rings is 1. The van der Waals surface area contributed by atoms with Crippen molar-refractivity contribution in [1.29, 1.82) is 0 Å². The molecule has 7 amide bonds. The van der Waals surface area contributed by atoms with Gasteiger partial charge in [0.1, 0.15) is 42.3 Å². The minimum atomic E-state index is -1.37. The number of H-pyrrole nitrogens is 3. The fourth-order valence-electron chi connectivity index (χ4n) is 9.77. The maximum Gasteiger partial charge on any atom is 0.326 e. The molecule has 2 aromatic carbocycles. The highest BCUT2D eigenvalue weighted by molar-refractivity contribution is 5.98. The summed E-state index contributed by atoms with van der Waals surface area (Å²) >= 11 is 0. The number of aromatic amines is 3. The molecule has 0 aliphatic heterocycles. The van der Waals surface area contributed by atoms with Gasteiger partial charge in [0.15, 0.2) is 5.96 Å². The lowest BCUT2D eigenvalue weighted by atomic mass is 9.98. The molecule has 0 radical (unpaired) electrons. The van der Waals surface area contributed by atoms with E-state index in [-0.39, 0.29) is 75.7 Å². The fourth-order valence-corrected chi connectivity index (χ4v) is 9.77. The monoisotopic (exact) mass is 1170 g/mol. The van der Waals surface area contributed by atoms with Crippen LogP contribution >= 0.6 is 0 Å². The molecule has 0 saturated heterocycles. The van der Waals surface area contributed by atoms with Crippen molar-refractivity contribution < 1.29 is 43.5 Å². The van der Waals surface area contributed by atoms with Crippen molar-refractivity contribution in [2.45, 2.75) is 160 Å². The summed E-state index contributed by atoms with van der Waals surface area (Å²) in [5.74, 6) is -6.85. The quantitative estimate of drug-likeness (QED) is 0.0147. The smallest absolute Gasteiger partial charge is 0.326 e. The van der Waals surface area contributed by atoms with Crippen LogP contribution in [0.25, 0.3) is 21.8 Å². The summed E-state index contributed by atoms with van der Waals surface area (Å²) in [6, 6.07) is 4.82. The third-order valence-corrected chi connectivity index (χ3v) is 14.2. The third-order valence-electron chi connectivity index (χ3n) is 14.2. The molecule has 5 rings (SSSR count). The van der Waals surface area contributed by atoms with Gasteiger partial charge in [-0.3, -0.25) is 38.6 Å². The van der Waals surface area contributed by atoms with Crippen molar-refractivity contribution >= 4 is 75.1 Å². The van der Waals surface area contributed by atoms with Gasteiger partial charge in [-0.05, 0) is 106 Å². The highest BCUT2D eigenvalue weighted by Crippen LogP contribution is 2.22. The number of hydrogen-bond acceptors (Lipinski definition) is 13. The number of carbonyl (C=O) groups excluding carboxylic acids is 7. The first kappa shape index (κ1) is 66.4. The number of fused-ring (bicyclic) bond motifs is 2. The van der Waals surface area contributed by atoms with E-state index in [1.165, 1.54) is 12.5 Å². The van der Waals surface area contributed by atoms with E-state index in [0.717, 1.165) is 21.8 Å². The van der Waals surface area contributed by atoms with Crippen molar-refractivity contribution in [2.75, 3.05) is 19.6 Å². The Hall–Kier alpha value is -8.36. The largest absolute Gasteiger partial charge is 0.480 e. The van der Waals surface area contributed by atoms with Gasteiger partial charge >= 0.3 is 5.97 Å². The Morgan fingerprint density at radius 3 is 1.39 bits per heavy atom. The maximum absolute atomic E-state index is 14.9. The number of para-hydroxylation sites is 2. The molecule has 0 saturated carbocycles. The number of nitrogens with two attached hydrogens (primary N) is 5. The summed E-state index contributed by atoms with van der Waals surface area (Å²) in [7, 11) is 0. The molecule has 0 aliphatic carbocycles. The number of guanidine groups is 1. The van der Waals surface area contributed by atoms with Gasteiger partial charge in [0.25, 0.3) is 0 Å². The van der Waals surface area contributed by atoms with E-state index in [0.29, 0.717) is 62.0 Å². The number of nitrogens with zero attached hydrogens (tertiary/aromatic N) is 2. The van der Waals surface area contributed by atoms with Crippen LogP contribution in [0, 0.1) is 11.8 Å². The summed E-state index contributed by atoms with van der Waals surface area (Å²) in [6.07, 6.45) is 9.08. The Bertz CT molecular complexity index is 2970. The van der Waals surface area contributed by atoms with Gasteiger partial charge in [-0.2, -0.15) is 0 Å². The van der Waals surface area contributed by atoms with Crippen molar-refractivity contribution in [3.05, 3.63) is 90.3 Å². The van der Waals surface area contributed by atoms with Crippen LogP contribution in [0.2, 0.25) is 0 Å². The van der Waals surface area contributed by atoms with E-state index < -0.39 is 95.7 Å². The fraction of sp³-hybridized carbons (Fsp3) is 0.517. The number of benzene rings is 2. The SMILES string of the molecule is CC(C)C[C@@H](NC(=O)[C@H](Cc1c[nH]c2ccccc12)NC(=O)[C@@H](CC(C)C)NC(=O)[C@H](Cc1c[nH]c2ccccc12)NC(=O)[C@@H](CCCN=C(N)N)NC(=O)[C@@H](N)CCCCN)C(=O)N[C@@H](CCCCN)C(=O)N[C@H](Cc1cnc[nH]1)C(=O)O. The number of aliphatic imine (C=N–C) groups is 1. The molecule has 0 bridgehead atoms. The van der Waals surface area contributed by atoms with E-state index in [1.807, 2.05) is 76.2 Å². The average Bonchev–Trinajstić information content (AvgIpc) is 3.55. The molecule has 26 heteroatoms. The lowest BCUT2D eigenvalue weighted by molar-refractivity contribution is -0.142. The zero-order valence-electron chi connectivity index (χ0n) is 48.5. The van der Waals surface area contributed by atoms with E-state index in [2.05, 4.69) is 62.1 Å². The van der Waals surface area contributed by atoms with Crippen molar-refractivity contribution in [3.63, 3.8) is 0 Å². The number of carboxylic acids is 1. The van der Waals surface area contributed by atoms with Gasteiger partial charge < -0.3 is 85.9 Å². The predicted octanol–water partition coefficient (Wildman–Crippen LogP) is 0.609. The highest BCUT2D eigenvalue weighted by Gasteiger charge is 2.36. The van der Waals surface area contributed by atoms with Crippen molar-refractivity contribution in [1.82, 2.24) is 57.2 Å². The summed E-state index contributed by atoms with van der Waals surface area (Å²) < 4.78 is 0. The van der Waals surface area contributed by atoms with Gasteiger partial charge in [-0.25, -0.2) is 9.78 Å². The number of unbranched alkanes of at least 4 members (excludes halogenated alkanes) is 2. The molecule has 84 heavy (non-hydrogen) atoms. The first-order valence-corrected chi connectivity index (χ1v) is 28.8. The minimum Gasteiger partial charge on any atom is -0.480 e. The lowest BCUT2D eigenvalue weighted by Crippen LogP contribution is -2.61.